The van der Waals surface area contributed by atoms with Crippen molar-refractivity contribution in [2.45, 2.75) is 38.8 Å². The Morgan fingerprint density at radius 1 is 0.933 bits per heavy atom. The van der Waals surface area contributed by atoms with Crippen molar-refractivity contribution in [2.24, 2.45) is 5.92 Å². The molecule has 0 bridgehead atoms. The quantitative estimate of drug-likeness (QED) is 0.587. The highest BCUT2D eigenvalue weighted by atomic mass is 16.5. The fourth-order valence-electron chi connectivity index (χ4n) is 3.73. The summed E-state index contributed by atoms with van der Waals surface area (Å²) in [5.74, 6) is 3.10. The lowest BCUT2D eigenvalue weighted by atomic mass is 10.1. The van der Waals surface area contributed by atoms with Crippen LogP contribution < -0.4 is 18.9 Å². The maximum absolute atomic E-state index is 13.4. The van der Waals surface area contributed by atoms with Gasteiger partial charge in [0.25, 0.3) is 0 Å². The Labute approximate surface area is 178 Å². The molecule has 0 saturated heterocycles. The van der Waals surface area contributed by atoms with Crippen LogP contribution in [0.15, 0.2) is 36.4 Å². The van der Waals surface area contributed by atoms with E-state index in [4.69, 9.17) is 18.9 Å². The molecular weight excluding hydrogens is 382 g/mol. The first-order valence-electron chi connectivity index (χ1n) is 10.2. The predicted octanol–water partition coefficient (Wildman–Crippen LogP) is 4.09. The van der Waals surface area contributed by atoms with Crippen molar-refractivity contribution in [1.82, 2.24) is 4.90 Å². The van der Waals surface area contributed by atoms with Crippen LogP contribution in [0.4, 0.5) is 0 Å². The third-order valence-corrected chi connectivity index (χ3v) is 5.71. The topological polar surface area (TPSA) is 57.2 Å². The van der Waals surface area contributed by atoms with Gasteiger partial charge in [0.1, 0.15) is 5.75 Å². The maximum Gasteiger partial charge on any atom is 0.227 e. The summed E-state index contributed by atoms with van der Waals surface area (Å²) in [5.41, 5.74) is 1.92. The third kappa shape index (κ3) is 4.99. The van der Waals surface area contributed by atoms with Gasteiger partial charge in [-0.3, -0.25) is 4.79 Å². The van der Waals surface area contributed by atoms with Crippen molar-refractivity contribution in [1.29, 1.82) is 0 Å². The molecule has 0 aliphatic heterocycles. The van der Waals surface area contributed by atoms with E-state index in [1.54, 1.807) is 28.4 Å². The molecule has 0 spiro atoms. The summed E-state index contributed by atoms with van der Waals surface area (Å²) in [6, 6.07) is 11.8. The summed E-state index contributed by atoms with van der Waals surface area (Å²) < 4.78 is 21.5. The fourth-order valence-corrected chi connectivity index (χ4v) is 3.73. The number of ether oxygens (including phenoxy) is 4. The summed E-state index contributed by atoms with van der Waals surface area (Å²) in [4.78, 5) is 15.3. The zero-order valence-electron chi connectivity index (χ0n) is 18.4. The summed E-state index contributed by atoms with van der Waals surface area (Å²) >= 11 is 0. The second-order valence-corrected chi connectivity index (χ2v) is 7.66. The first-order valence-corrected chi connectivity index (χ1v) is 10.2. The van der Waals surface area contributed by atoms with Crippen molar-refractivity contribution < 1.29 is 23.7 Å². The van der Waals surface area contributed by atoms with Crippen molar-refractivity contribution >= 4 is 5.91 Å². The van der Waals surface area contributed by atoms with E-state index >= 15 is 0 Å². The zero-order valence-corrected chi connectivity index (χ0v) is 18.4. The average Bonchev–Trinajstić information content (AvgIpc) is 3.62. The number of rotatable bonds is 10. The van der Waals surface area contributed by atoms with E-state index in [1.807, 2.05) is 41.3 Å². The molecule has 3 rings (SSSR count). The summed E-state index contributed by atoms with van der Waals surface area (Å²) in [6.07, 6.45) is 2.62. The van der Waals surface area contributed by atoms with Gasteiger partial charge in [0.2, 0.25) is 11.7 Å². The Balaban J connectivity index is 1.82. The van der Waals surface area contributed by atoms with Gasteiger partial charge >= 0.3 is 0 Å². The van der Waals surface area contributed by atoms with E-state index in [-0.39, 0.29) is 18.4 Å². The molecule has 2 aromatic carbocycles. The van der Waals surface area contributed by atoms with Crippen LogP contribution in [0.5, 0.6) is 23.0 Å². The minimum Gasteiger partial charge on any atom is -0.497 e. The van der Waals surface area contributed by atoms with Crippen LogP contribution in [-0.2, 0) is 17.8 Å². The van der Waals surface area contributed by atoms with Crippen molar-refractivity contribution in [2.75, 3.05) is 28.4 Å². The minimum atomic E-state index is 0.0829. The monoisotopic (exact) mass is 413 g/mol. The first-order chi connectivity index (χ1) is 14.5. The molecule has 0 unspecified atom stereocenters. The molecule has 1 saturated carbocycles. The van der Waals surface area contributed by atoms with Gasteiger partial charge in [-0.2, -0.15) is 0 Å². The molecule has 1 aliphatic carbocycles. The molecule has 0 N–H and O–H groups in total. The summed E-state index contributed by atoms with van der Waals surface area (Å²) in [6.45, 7) is 2.72. The number of nitrogens with zero attached hydrogens (tertiary/aromatic N) is 1. The Hall–Kier alpha value is -2.89. The van der Waals surface area contributed by atoms with E-state index in [0.29, 0.717) is 29.7 Å². The van der Waals surface area contributed by atoms with E-state index in [2.05, 4.69) is 6.92 Å². The van der Waals surface area contributed by atoms with Crippen LogP contribution >= 0.6 is 0 Å². The lowest BCUT2D eigenvalue weighted by Crippen LogP contribution is -2.40. The Kier molecular flexibility index (Phi) is 7.08. The number of amides is 1. The fraction of sp³-hybridized carbons (Fsp3) is 0.458. The molecular formula is C24H31NO5. The van der Waals surface area contributed by atoms with Gasteiger partial charge < -0.3 is 23.8 Å². The number of carbonyl (C=O) groups is 1. The van der Waals surface area contributed by atoms with Crippen LogP contribution in [0.3, 0.4) is 0 Å². The lowest BCUT2D eigenvalue weighted by Gasteiger charge is -2.30. The number of hydrogen-bond donors (Lipinski definition) is 0. The molecule has 0 aromatic heterocycles. The molecule has 2 aromatic rings. The molecule has 6 heteroatoms. The zero-order chi connectivity index (χ0) is 21.7. The molecule has 1 amide bonds. The highest BCUT2D eigenvalue weighted by molar-refractivity contribution is 5.80. The number of carbonyl (C=O) groups excluding carboxylic acids is 1. The largest absolute Gasteiger partial charge is 0.497 e. The minimum absolute atomic E-state index is 0.0829. The maximum atomic E-state index is 13.4. The van der Waals surface area contributed by atoms with E-state index in [0.717, 1.165) is 16.9 Å². The molecule has 6 nitrogen and oxygen atoms in total. The number of methoxy groups -OCH3 is 4. The van der Waals surface area contributed by atoms with E-state index < -0.39 is 0 Å². The van der Waals surface area contributed by atoms with Crippen LogP contribution in [0.25, 0.3) is 0 Å². The van der Waals surface area contributed by atoms with Crippen LogP contribution in [0.1, 0.15) is 30.9 Å². The van der Waals surface area contributed by atoms with Crippen molar-refractivity contribution in [3.63, 3.8) is 0 Å². The van der Waals surface area contributed by atoms with Gasteiger partial charge in [0.05, 0.1) is 34.9 Å². The molecule has 30 heavy (non-hydrogen) atoms. The Morgan fingerprint density at radius 3 is 2.00 bits per heavy atom. The molecule has 1 atom stereocenters. The SMILES string of the molecule is COc1ccc(CN(C(=O)Cc2cc(OC)c(OC)c(OC)c2)[C@H](C)C2CC2)cc1. The van der Waals surface area contributed by atoms with Gasteiger partial charge in [-0.05, 0) is 61.1 Å². The standard InChI is InChI=1S/C24H31NO5/c1-16(19-8-9-19)25(15-17-6-10-20(27-2)11-7-17)23(26)14-18-12-21(28-3)24(30-5)22(13-18)29-4/h6-7,10-13,16,19H,8-9,14-15H2,1-5H3/t16-/m1/s1. The summed E-state index contributed by atoms with van der Waals surface area (Å²) in [5, 5.41) is 0. The lowest BCUT2D eigenvalue weighted by molar-refractivity contribution is -0.133. The normalized spacial score (nSPS) is 14.0. The highest BCUT2D eigenvalue weighted by Crippen LogP contribution is 2.39. The Morgan fingerprint density at radius 2 is 1.53 bits per heavy atom. The molecule has 1 aliphatic rings. The molecule has 162 valence electrons. The number of hydrogen-bond acceptors (Lipinski definition) is 5. The average molecular weight is 414 g/mol. The number of benzene rings is 2. The smallest absolute Gasteiger partial charge is 0.227 e. The Bertz CT molecular complexity index is 835. The van der Waals surface area contributed by atoms with Gasteiger partial charge in [0.15, 0.2) is 11.5 Å². The first kappa shape index (κ1) is 21.8. The second-order valence-electron chi connectivity index (χ2n) is 7.66. The molecule has 0 radical (unpaired) electrons. The highest BCUT2D eigenvalue weighted by Gasteiger charge is 2.34. The van der Waals surface area contributed by atoms with Crippen molar-refractivity contribution in [3.8, 4) is 23.0 Å². The third-order valence-electron chi connectivity index (χ3n) is 5.71. The van der Waals surface area contributed by atoms with Gasteiger partial charge in [-0.25, -0.2) is 0 Å². The van der Waals surface area contributed by atoms with Crippen molar-refractivity contribution in [3.05, 3.63) is 47.5 Å². The van der Waals surface area contributed by atoms with Crippen LogP contribution in [0, 0.1) is 5.92 Å². The second kappa shape index (κ2) is 9.74. The van der Waals surface area contributed by atoms with Crippen LogP contribution in [0.2, 0.25) is 0 Å². The summed E-state index contributed by atoms with van der Waals surface area (Å²) in [7, 11) is 6.37. The van der Waals surface area contributed by atoms with E-state index in [1.165, 1.54) is 12.8 Å². The van der Waals surface area contributed by atoms with Gasteiger partial charge in [-0.15, -0.1) is 0 Å². The predicted molar refractivity (Wildman–Crippen MR) is 116 cm³/mol. The molecule has 0 heterocycles. The van der Waals surface area contributed by atoms with Gasteiger partial charge in [-0.1, -0.05) is 12.1 Å². The van der Waals surface area contributed by atoms with Crippen LogP contribution in [-0.4, -0.2) is 45.3 Å². The van der Waals surface area contributed by atoms with E-state index in [9.17, 15) is 4.79 Å². The molecule has 1 fully saturated rings. The van der Waals surface area contributed by atoms with Gasteiger partial charge in [0, 0.05) is 12.6 Å².